The summed E-state index contributed by atoms with van der Waals surface area (Å²) < 4.78 is 29.3. The first-order valence-corrected chi connectivity index (χ1v) is 14.7. The average Bonchev–Trinajstić information content (AvgIpc) is 3.11. The molecule has 0 bridgehead atoms. The van der Waals surface area contributed by atoms with Crippen LogP contribution in [0.2, 0.25) is 0 Å². The first-order chi connectivity index (χ1) is 22.8. The number of ether oxygens (including phenoxy) is 5. The van der Waals surface area contributed by atoms with E-state index in [1.807, 2.05) is 0 Å². The quantitative estimate of drug-likeness (QED) is 0.197. The lowest BCUT2D eigenvalue weighted by Crippen LogP contribution is -2.67. The lowest BCUT2D eigenvalue weighted by atomic mass is 9.95. The van der Waals surface area contributed by atoms with Crippen LogP contribution in [0.1, 0.15) is 48.4 Å². The molecular formula is C36H31NO10. The molecule has 47 heavy (non-hydrogen) atoms. The van der Waals surface area contributed by atoms with E-state index in [1.54, 1.807) is 84.9 Å². The van der Waals surface area contributed by atoms with Crippen molar-refractivity contribution in [2.45, 2.75) is 37.6 Å². The fourth-order valence-electron chi connectivity index (χ4n) is 4.90. The number of carbonyl (C=O) groups is 5. The van der Waals surface area contributed by atoms with Crippen molar-refractivity contribution in [1.29, 1.82) is 0 Å². The molecule has 1 aliphatic rings. The Morgan fingerprint density at radius 1 is 0.553 bits per heavy atom. The van der Waals surface area contributed by atoms with Crippen LogP contribution in [0.3, 0.4) is 0 Å². The van der Waals surface area contributed by atoms with Crippen molar-refractivity contribution in [3.05, 3.63) is 144 Å². The first-order valence-electron chi connectivity index (χ1n) is 14.7. The molecule has 5 rings (SSSR count). The Labute approximate surface area is 270 Å². The van der Waals surface area contributed by atoms with Gasteiger partial charge in [0.25, 0.3) is 0 Å². The van der Waals surface area contributed by atoms with Gasteiger partial charge in [0.1, 0.15) is 18.8 Å². The van der Waals surface area contributed by atoms with Gasteiger partial charge in [0.05, 0.1) is 22.3 Å². The lowest BCUT2D eigenvalue weighted by molar-refractivity contribution is -0.252. The third-order valence-electron chi connectivity index (χ3n) is 7.14. The molecule has 0 radical (unpaired) electrons. The van der Waals surface area contributed by atoms with Crippen molar-refractivity contribution >= 4 is 29.8 Å². The van der Waals surface area contributed by atoms with Gasteiger partial charge in [-0.05, 0) is 48.5 Å². The minimum absolute atomic E-state index is 0.165. The van der Waals surface area contributed by atoms with Gasteiger partial charge in [-0.2, -0.15) is 0 Å². The maximum absolute atomic E-state index is 13.4. The Morgan fingerprint density at radius 2 is 0.936 bits per heavy atom. The van der Waals surface area contributed by atoms with E-state index in [-0.39, 0.29) is 22.3 Å². The normalized spacial score (nSPS) is 20.2. The van der Waals surface area contributed by atoms with Crippen molar-refractivity contribution in [3.63, 3.8) is 0 Å². The Hall–Kier alpha value is -5.81. The third-order valence-corrected chi connectivity index (χ3v) is 7.14. The van der Waals surface area contributed by atoms with Crippen LogP contribution in [0.5, 0.6) is 0 Å². The number of benzene rings is 4. The van der Waals surface area contributed by atoms with Crippen molar-refractivity contribution in [1.82, 2.24) is 5.32 Å². The van der Waals surface area contributed by atoms with Crippen LogP contribution in [-0.4, -0.2) is 67.0 Å². The summed E-state index contributed by atoms with van der Waals surface area (Å²) in [5, 5.41) is 2.63. The smallest absolute Gasteiger partial charge is 0.340 e. The highest BCUT2D eigenvalue weighted by Crippen LogP contribution is 2.30. The molecule has 0 unspecified atom stereocenters. The highest BCUT2D eigenvalue weighted by molar-refractivity contribution is 5.91. The summed E-state index contributed by atoms with van der Waals surface area (Å²) in [6.45, 7) is 0.705. The predicted molar refractivity (Wildman–Crippen MR) is 166 cm³/mol. The number of nitrogens with one attached hydrogen (secondary N) is 1. The lowest BCUT2D eigenvalue weighted by Gasteiger charge is -2.44. The number of rotatable bonds is 10. The van der Waals surface area contributed by atoms with Crippen LogP contribution in [-0.2, 0) is 28.5 Å². The summed E-state index contributed by atoms with van der Waals surface area (Å²) in [6, 6.07) is 30.9. The summed E-state index contributed by atoms with van der Waals surface area (Å²) in [5.74, 6) is -3.72. The Balaban J connectivity index is 1.53. The molecule has 1 saturated heterocycles. The second kappa shape index (κ2) is 15.5. The summed E-state index contributed by atoms with van der Waals surface area (Å²) in [4.78, 5) is 65.5. The van der Waals surface area contributed by atoms with Gasteiger partial charge in [-0.1, -0.05) is 72.8 Å². The van der Waals surface area contributed by atoms with Crippen molar-refractivity contribution < 1.29 is 47.7 Å². The van der Waals surface area contributed by atoms with E-state index in [0.717, 1.165) is 0 Å². The van der Waals surface area contributed by atoms with Gasteiger partial charge in [0, 0.05) is 6.92 Å². The van der Waals surface area contributed by atoms with Crippen LogP contribution in [0.15, 0.2) is 121 Å². The van der Waals surface area contributed by atoms with E-state index in [2.05, 4.69) is 5.32 Å². The van der Waals surface area contributed by atoms with Crippen molar-refractivity contribution in [2.24, 2.45) is 0 Å². The zero-order valence-electron chi connectivity index (χ0n) is 25.2. The second-order valence-corrected chi connectivity index (χ2v) is 10.5. The molecule has 1 N–H and O–H groups in total. The summed E-state index contributed by atoms with van der Waals surface area (Å²) in [6.07, 6.45) is -5.85. The minimum atomic E-state index is -1.58. The molecule has 4 aromatic rings. The van der Waals surface area contributed by atoms with Gasteiger partial charge in [-0.15, -0.1) is 0 Å². The Kier molecular flexibility index (Phi) is 10.7. The zero-order chi connectivity index (χ0) is 33.2. The van der Waals surface area contributed by atoms with Crippen molar-refractivity contribution in [3.8, 4) is 0 Å². The fraction of sp³-hybridized carbons (Fsp3) is 0.194. The second-order valence-electron chi connectivity index (χ2n) is 10.5. The van der Waals surface area contributed by atoms with Gasteiger partial charge >= 0.3 is 23.9 Å². The van der Waals surface area contributed by atoms with Gasteiger partial charge in [-0.3, -0.25) is 4.79 Å². The molecule has 240 valence electrons. The number of hydrogen-bond donors (Lipinski definition) is 1. The number of hydrogen-bond acceptors (Lipinski definition) is 10. The molecule has 4 aromatic carbocycles. The summed E-state index contributed by atoms with van der Waals surface area (Å²) >= 11 is 0. The first kappa shape index (κ1) is 32.6. The van der Waals surface area contributed by atoms with Crippen LogP contribution in [0.4, 0.5) is 0 Å². The van der Waals surface area contributed by atoms with Crippen LogP contribution in [0, 0.1) is 0 Å². The highest BCUT2D eigenvalue weighted by Gasteiger charge is 2.53. The molecule has 1 aliphatic heterocycles. The maximum Gasteiger partial charge on any atom is 0.340 e. The molecule has 5 atom stereocenters. The molecule has 0 aromatic heterocycles. The zero-order valence-corrected chi connectivity index (χ0v) is 25.2. The Morgan fingerprint density at radius 3 is 1.36 bits per heavy atom. The maximum atomic E-state index is 13.4. The molecule has 1 amide bonds. The van der Waals surface area contributed by atoms with Gasteiger partial charge < -0.3 is 29.0 Å². The largest absolute Gasteiger partial charge is 0.459 e. The highest BCUT2D eigenvalue weighted by atomic mass is 16.7. The van der Waals surface area contributed by atoms with Gasteiger partial charge in [0.15, 0.2) is 12.2 Å². The van der Waals surface area contributed by atoms with Crippen LogP contribution < -0.4 is 5.32 Å². The predicted octanol–water partition coefficient (Wildman–Crippen LogP) is 4.38. The molecule has 0 spiro atoms. The fourth-order valence-corrected chi connectivity index (χ4v) is 4.90. The molecule has 11 nitrogen and oxygen atoms in total. The van der Waals surface area contributed by atoms with E-state index < -0.39 is 67.0 Å². The molecule has 1 fully saturated rings. The van der Waals surface area contributed by atoms with Gasteiger partial charge in [-0.25, -0.2) is 19.2 Å². The van der Waals surface area contributed by atoms with E-state index in [1.165, 1.54) is 43.3 Å². The molecular weight excluding hydrogens is 606 g/mol. The minimum Gasteiger partial charge on any atom is -0.459 e. The van der Waals surface area contributed by atoms with E-state index in [9.17, 15) is 24.0 Å². The number of esters is 4. The standard InChI is InChI=1S/C36H31NO10/c1-23(38)37-29-31(46-34(41)26-18-10-4-11-19-26)30(45-33(40)25-16-8-3-9-17-25)28(22-43-32(39)24-14-6-2-7-15-24)44-36(29)47-35(42)27-20-12-5-13-21-27/h2-21,28-31,36H,22H2,1H3,(H,37,38)/t28-,29-,30-,31-,36-/m1/s1. The topological polar surface area (TPSA) is 144 Å². The molecule has 0 saturated carbocycles. The summed E-state index contributed by atoms with van der Waals surface area (Å²) in [5.41, 5.74) is 0.768. The third kappa shape index (κ3) is 8.47. The van der Waals surface area contributed by atoms with Crippen LogP contribution >= 0.6 is 0 Å². The van der Waals surface area contributed by atoms with E-state index >= 15 is 0 Å². The number of amides is 1. The molecule has 1 heterocycles. The van der Waals surface area contributed by atoms with Crippen molar-refractivity contribution in [2.75, 3.05) is 6.61 Å². The molecule has 0 aliphatic carbocycles. The van der Waals surface area contributed by atoms with E-state index in [0.29, 0.717) is 0 Å². The van der Waals surface area contributed by atoms with E-state index in [4.69, 9.17) is 23.7 Å². The SMILES string of the molecule is CC(=O)N[C@H]1[C@@H](OC(=O)c2ccccc2)O[C@H](COC(=O)c2ccccc2)[C@@H](OC(=O)c2ccccc2)[C@@H]1OC(=O)c1ccccc1. The molecule has 11 heteroatoms. The summed E-state index contributed by atoms with van der Waals surface area (Å²) in [7, 11) is 0. The number of carbonyl (C=O) groups excluding carboxylic acids is 5. The van der Waals surface area contributed by atoms with Crippen LogP contribution in [0.25, 0.3) is 0 Å². The monoisotopic (exact) mass is 637 g/mol. The Bertz CT molecular complexity index is 1680. The average molecular weight is 638 g/mol. The van der Waals surface area contributed by atoms with Gasteiger partial charge in [0.2, 0.25) is 12.2 Å².